The van der Waals surface area contributed by atoms with Crippen molar-refractivity contribution in [3.63, 3.8) is 0 Å². The SMILES string of the molecule is C/C(Cc1ccccc1)=N/NC(=O)CN1CCOCC1. The second-order valence-corrected chi connectivity index (χ2v) is 4.93. The lowest BCUT2D eigenvalue weighted by atomic mass is 10.1. The van der Waals surface area contributed by atoms with E-state index in [-0.39, 0.29) is 5.91 Å². The lowest BCUT2D eigenvalue weighted by Gasteiger charge is -2.25. The lowest BCUT2D eigenvalue weighted by molar-refractivity contribution is -0.123. The smallest absolute Gasteiger partial charge is 0.254 e. The number of morpholine rings is 1. The van der Waals surface area contributed by atoms with Crippen molar-refractivity contribution in [3.05, 3.63) is 35.9 Å². The van der Waals surface area contributed by atoms with Crippen molar-refractivity contribution in [1.82, 2.24) is 10.3 Å². The molecule has 5 nitrogen and oxygen atoms in total. The minimum Gasteiger partial charge on any atom is -0.379 e. The predicted molar refractivity (Wildman–Crippen MR) is 78.7 cm³/mol. The number of hydrogen-bond donors (Lipinski definition) is 1. The monoisotopic (exact) mass is 275 g/mol. The second kappa shape index (κ2) is 7.77. The molecule has 0 atom stereocenters. The van der Waals surface area contributed by atoms with Crippen LogP contribution in [0.5, 0.6) is 0 Å². The molecular weight excluding hydrogens is 254 g/mol. The van der Waals surface area contributed by atoms with E-state index < -0.39 is 0 Å². The number of hydrogen-bond acceptors (Lipinski definition) is 4. The molecule has 0 spiro atoms. The minimum absolute atomic E-state index is 0.0701. The Morgan fingerprint density at radius 2 is 2.00 bits per heavy atom. The molecule has 0 aromatic heterocycles. The molecule has 0 radical (unpaired) electrons. The van der Waals surface area contributed by atoms with Crippen molar-refractivity contribution in [2.24, 2.45) is 5.10 Å². The third kappa shape index (κ3) is 5.11. The van der Waals surface area contributed by atoms with Crippen molar-refractivity contribution < 1.29 is 9.53 Å². The first kappa shape index (κ1) is 14.7. The molecule has 1 aliphatic rings. The first-order valence-corrected chi connectivity index (χ1v) is 6.90. The van der Waals surface area contributed by atoms with Crippen LogP contribution in [0.15, 0.2) is 35.4 Å². The van der Waals surface area contributed by atoms with Crippen LogP contribution in [0.3, 0.4) is 0 Å². The number of rotatable bonds is 5. The number of nitrogens with zero attached hydrogens (tertiary/aromatic N) is 2. The Balaban J connectivity index is 1.74. The van der Waals surface area contributed by atoms with Crippen LogP contribution >= 0.6 is 0 Å². The van der Waals surface area contributed by atoms with Crippen LogP contribution in [0.4, 0.5) is 0 Å². The highest BCUT2D eigenvalue weighted by Gasteiger charge is 2.13. The number of ether oxygens (including phenoxy) is 1. The molecule has 0 bridgehead atoms. The summed E-state index contributed by atoms with van der Waals surface area (Å²) in [5.74, 6) is -0.0701. The topological polar surface area (TPSA) is 53.9 Å². The van der Waals surface area contributed by atoms with Gasteiger partial charge in [0, 0.05) is 25.2 Å². The van der Waals surface area contributed by atoms with Gasteiger partial charge >= 0.3 is 0 Å². The summed E-state index contributed by atoms with van der Waals surface area (Å²) in [4.78, 5) is 13.8. The van der Waals surface area contributed by atoms with E-state index in [9.17, 15) is 4.79 Å². The van der Waals surface area contributed by atoms with Crippen molar-refractivity contribution in [1.29, 1.82) is 0 Å². The van der Waals surface area contributed by atoms with Crippen LogP contribution in [0.25, 0.3) is 0 Å². The Morgan fingerprint density at radius 1 is 1.30 bits per heavy atom. The largest absolute Gasteiger partial charge is 0.379 e. The molecule has 1 fully saturated rings. The summed E-state index contributed by atoms with van der Waals surface area (Å²) in [6, 6.07) is 10.1. The van der Waals surface area contributed by atoms with Gasteiger partial charge in [-0.25, -0.2) is 5.43 Å². The lowest BCUT2D eigenvalue weighted by Crippen LogP contribution is -2.42. The summed E-state index contributed by atoms with van der Waals surface area (Å²) < 4.78 is 5.24. The number of carbonyl (C=O) groups is 1. The average Bonchev–Trinajstić information content (AvgIpc) is 2.47. The highest BCUT2D eigenvalue weighted by atomic mass is 16.5. The molecule has 20 heavy (non-hydrogen) atoms. The van der Waals surface area contributed by atoms with Gasteiger partial charge in [-0.3, -0.25) is 9.69 Å². The highest BCUT2D eigenvalue weighted by Crippen LogP contribution is 2.00. The van der Waals surface area contributed by atoms with E-state index in [1.165, 1.54) is 5.56 Å². The molecule has 1 N–H and O–H groups in total. The molecule has 108 valence electrons. The maximum atomic E-state index is 11.8. The molecule has 5 heteroatoms. The van der Waals surface area contributed by atoms with Gasteiger partial charge in [0.1, 0.15) is 0 Å². The standard InChI is InChI=1S/C15H21N3O2/c1-13(11-14-5-3-2-4-6-14)16-17-15(19)12-18-7-9-20-10-8-18/h2-6H,7-12H2,1H3,(H,17,19)/b16-13-. The number of hydrazone groups is 1. The van der Waals surface area contributed by atoms with Crippen LogP contribution in [0.2, 0.25) is 0 Å². The van der Waals surface area contributed by atoms with E-state index in [0.29, 0.717) is 19.8 Å². The molecular formula is C15H21N3O2. The maximum absolute atomic E-state index is 11.8. The van der Waals surface area contributed by atoms with Gasteiger partial charge in [-0.15, -0.1) is 0 Å². The third-order valence-electron chi connectivity index (χ3n) is 3.15. The maximum Gasteiger partial charge on any atom is 0.254 e. The second-order valence-electron chi connectivity index (χ2n) is 4.93. The quantitative estimate of drug-likeness (QED) is 0.645. The molecule has 1 saturated heterocycles. The molecule has 0 aliphatic carbocycles. The van der Waals surface area contributed by atoms with Gasteiger partial charge in [-0.05, 0) is 12.5 Å². The first-order valence-electron chi connectivity index (χ1n) is 6.90. The minimum atomic E-state index is -0.0701. The van der Waals surface area contributed by atoms with Crippen LogP contribution in [-0.2, 0) is 16.0 Å². The molecule has 1 heterocycles. The van der Waals surface area contributed by atoms with Crippen LogP contribution in [0.1, 0.15) is 12.5 Å². The van der Waals surface area contributed by atoms with Crippen molar-refractivity contribution in [2.75, 3.05) is 32.8 Å². The fourth-order valence-electron chi connectivity index (χ4n) is 2.09. The van der Waals surface area contributed by atoms with Gasteiger partial charge < -0.3 is 4.74 Å². The summed E-state index contributed by atoms with van der Waals surface area (Å²) in [5, 5.41) is 4.14. The first-order chi connectivity index (χ1) is 9.74. The summed E-state index contributed by atoms with van der Waals surface area (Å²) >= 11 is 0. The molecule has 1 aromatic carbocycles. The zero-order valence-corrected chi connectivity index (χ0v) is 11.8. The molecule has 1 amide bonds. The van der Waals surface area contributed by atoms with Crippen LogP contribution in [-0.4, -0.2) is 49.4 Å². The number of benzene rings is 1. The van der Waals surface area contributed by atoms with Crippen molar-refractivity contribution in [3.8, 4) is 0 Å². The Bertz CT molecular complexity index is 453. The Hall–Kier alpha value is -1.72. The van der Waals surface area contributed by atoms with Crippen molar-refractivity contribution >= 4 is 11.6 Å². The Labute approximate surface area is 119 Å². The van der Waals surface area contributed by atoms with E-state index in [2.05, 4.69) is 27.6 Å². The average molecular weight is 275 g/mol. The predicted octanol–water partition coefficient (Wildman–Crippen LogP) is 1.05. The van der Waals surface area contributed by atoms with Gasteiger partial charge in [0.05, 0.1) is 19.8 Å². The molecule has 0 saturated carbocycles. The summed E-state index contributed by atoms with van der Waals surface area (Å²) in [6.45, 7) is 5.31. The number of amides is 1. The van der Waals surface area contributed by atoms with Gasteiger partial charge in [0.15, 0.2) is 0 Å². The number of nitrogens with one attached hydrogen (secondary N) is 1. The van der Waals surface area contributed by atoms with Crippen LogP contribution in [0, 0.1) is 0 Å². The molecule has 1 aliphatic heterocycles. The summed E-state index contributed by atoms with van der Waals surface area (Å²) in [7, 11) is 0. The van der Waals surface area contributed by atoms with E-state index in [4.69, 9.17) is 4.74 Å². The summed E-state index contributed by atoms with van der Waals surface area (Å²) in [5.41, 5.74) is 4.70. The zero-order chi connectivity index (χ0) is 14.2. The van der Waals surface area contributed by atoms with E-state index in [1.54, 1.807) is 0 Å². The molecule has 2 rings (SSSR count). The normalized spacial score (nSPS) is 16.9. The third-order valence-corrected chi connectivity index (χ3v) is 3.15. The molecule has 0 unspecified atom stereocenters. The van der Waals surface area contributed by atoms with Gasteiger partial charge in [0.25, 0.3) is 5.91 Å². The molecule has 1 aromatic rings. The summed E-state index contributed by atoms with van der Waals surface area (Å²) in [6.07, 6.45) is 0.749. The van der Waals surface area contributed by atoms with E-state index in [0.717, 1.165) is 25.2 Å². The zero-order valence-electron chi connectivity index (χ0n) is 11.8. The van der Waals surface area contributed by atoms with Crippen molar-refractivity contribution in [2.45, 2.75) is 13.3 Å². The van der Waals surface area contributed by atoms with Gasteiger partial charge in [-0.2, -0.15) is 5.10 Å². The number of carbonyl (C=O) groups excluding carboxylic acids is 1. The van der Waals surface area contributed by atoms with E-state index in [1.807, 2.05) is 25.1 Å². The highest BCUT2D eigenvalue weighted by molar-refractivity contribution is 5.86. The fraction of sp³-hybridized carbons (Fsp3) is 0.467. The fourth-order valence-corrected chi connectivity index (χ4v) is 2.09. The Kier molecular flexibility index (Phi) is 5.70. The van der Waals surface area contributed by atoms with Gasteiger partial charge in [-0.1, -0.05) is 30.3 Å². The van der Waals surface area contributed by atoms with E-state index >= 15 is 0 Å². The van der Waals surface area contributed by atoms with Crippen LogP contribution < -0.4 is 5.43 Å². The Morgan fingerprint density at radius 3 is 2.70 bits per heavy atom. The van der Waals surface area contributed by atoms with Gasteiger partial charge in [0.2, 0.25) is 0 Å².